The molecular formula is C33H31F2N2NaO4S. The van der Waals surface area contributed by atoms with Crippen LogP contribution in [0.15, 0.2) is 79.1 Å². The normalized spacial score (nSPS) is 11.5. The number of aryl methyl sites for hydroxylation is 1. The van der Waals surface area contributed by atoms with Crippen molar-refractivity contribution in [2.24, 2.45) is 0 Å². The van der Waals surface area contributed by atoms with Gasteiger partial charge in [0.15, 0.2) is 0 Å². The van der Waals surface area contributed by atoms with Gasteiger partial charge in [0.2, 0.25) is 0 Å². The number of benzene rings is 3. The summed E-state index contributed by atoms with van der Waals surface area (Å²) in [4.78, 5) is 29.2. The first-order chi connectivity index (χ1) is 20.2. The monoisotopic (exact) mass is 612 g/mol. The number of hydrogen-bond acceptors (Lipinski definition) is 5. The van der Waals surface area contributed by atoms with Crippen molar-refractivity contribution in [2.45, 2.75) is 26.0 Å². The van der Waals surface area contributed by atoms with E-state index in [9.17, 15) is 23.5 Å². The van der Waals surface area contributed by atoms with E-state index >= 15 is 0 Å². The van der Waals surface area contributed by atoms with Gasteiger partial charge in [-0.3, -0.25) is 9.78 Å². The summed E-state index contributed by atoms with van der Waals surface area (Å²) >= 11 is 1.52. The summed E-state index contributed by atoms with van der Waals surface area (Å²) in [5.41, 5.74) is 4.62. The number of pyridine rings is 1. The molecule has 0 spiro atoms. The van der Waals surface area contributed by atoms with Crippen molar-refractivity contribution in [3.8, 4) is 16.9 Å². The van der Waals surface area contributed by atoms with Crippen LogP contribution in [0.4, 0.5) is 8.78 Å². The van der Waals surface area contributed by atoms with Gasteiger partial charge in [-0.2, -0.15) is 11.8 Å². The molecule has 10 heteroatoms. The summed E-state index contributed by atoms with van der Waals surface area (Å²) in [5.74, 6) is -1.82. The Morgan fingerprint density at radius 3 is 2.47 bits per heavy atom. The Labute approximate surface area is 275 Å². The van der Waals surface area contributed by atoms with E-state index in [0.29, 0.717) is 40.2 Å². The number of rotatable bonds is 12. The molecule has 0 saturated carbocycles. The van der Waals surface area contributed by atoms with Gasteiger partial charge in [-0.05, 0) is 89.6 Å². The summed E-state index contributed by atoms with van der Waals surface area (Å²) in [5, 5.41) is 12.3. The van der Waals surface area contributed by atoms with Crippen LogP contribution in [0.3, 0.4) is 0 Å². The molecule has 0 fully saturated rings. The number of halogens is 2. The van der Waals surface area contributed by atoms with Crippen molar-refractivity contribution in [3.63, 3.8) is 0 Å². The van der Waals surface area contributed by atoms with Crippen LogP contribution in [-0.2, 0) is 11.4 Å². The molecule has 1 amide bonds. The fraction of sp³-hybridized carbons (Fsp3) is 0.182. The summed E-state index contributed by atoms with van der Waals surface area (Å²) < 4.78 is 33.0. The number of carbonyl (C=O) groups excluding carboxylic acids is 1. The first-order valence-corrected chi connectivity index (χ1v) is 14.6. The molecule has 0 saturated heterocycles. The third-order valence-corrected chi connectivity index (χ3v) is 7.16. The second kappa shape index (κ2) is 16.4. The fourth-order valence-electron chi connectivity index (χ4n) is 4.38. The molecule has 4 rings (SSSR count). The number of aliphatic carboxylic acids is 1. The molecule has 0 aliphatic heterocycles. The van der Waals surface area contributed by atoms with E-state index < -0.39 is 29.6 Å². The van der Waals surface area contributed by atoms with Gasteiger partial charge in [0.05, 0.1) is 0 Å². The van der Waals surface area contributed by atoms with Crippen molar-refractivity contribution in [3.05, 3.63) is 119 Å². The van der Waals surface area contributed by atoms with Gasteiger partial charge in [-0.15, -0.1) is 0 Å². The number of amides is 1. The standard InChI is InChI=1S/C33H30F2N2O4S.Na.H/c1-21-5-3-4-6-27(21)29-17-22(8-10-28(29)32(38)37-30(33(39)40)12-14-42-2)7-9-24-19-36-13-11-31(24)41-20-23-15-25(34)18-26(35)16-23;;/h3-11,13,15-19,30H,12,14,20H2,1-2H3,(H,37,38)(H,39,40);;/t30-;;/m0../s1. The van der Waals surface area contributed by atoms with Crippen LogP contribution in [0.25, 0.3) is 23.3 Å². The van der Waals surface area contributed by atoms with E-state index in [1.807, 2.05) is 49.6 Å². The maximum atomic E-state index is 13.6. The SMILES string of the molecule is CSCC[C@H](NC(=O)c1ccc(C=Cc2cnccc2OCc2cc(F)cc(F)c2)cc1-c1ccccc1C)C(=O)O.[NaH]. The van der Waals surface area contributed by atoms with E-state index in [0.717, 1.165) is 22.8 Å². The molecule has 0 aliphatic carbocycles. The molecule has 0 radical (unpaired) electrons. The quantitative estimate of drug-likeness (QED) is 0.181. The maximum absolute atomic E-state index is 13.6. The number of nitrogens with zero attached hydrogens (tertiary/aromatic N) is 1. The summed E-state index contributed by atoms with van der Waals surface area (Å²) in [7, 11) is 0. The molecule has 1 heterocycles. The number of aromatic nitrogens is 1. The zero-order valence-electron chi connectivity index (χ0n) is 23.1. The average molecular weight is 613 g/mol. The van der Waals surface area contributed by atoms with E-state index in [-0.39, 0.29) is 36.2 Å². The Morgan fingerprint density at radius 2 is 1.77 bits per heavy atom. The van der Waals surface area contributed by atoms with E-state index in [4.69, 9.17) is 4.74 Å². The van der Waals surface area contributed by atoms with Gasteiger partial charge >= 0.3 is 35.5 Å². The molecule has 1 aromatic heterocycles. The molecule has 0 aliphatic rings. The number of hydrogen-bond donors (Lipinski definition) is 2. The second-order valence-electron chi connectivity index (χ2n) is 9.58. The molecule has 218 valence electrons. The number of ether oxygens (including phenoxy) is 1. The minimum atomic E-state index is -1.08. The van der Waals surface area contributed by atoms with Gasteiger partial charge in [0.25, 0.3) is 5.91 Å². The number of nitrogens with one attached hydrogen (secondary N) is 1. The van der Waals surface area contributed by atoms with Crippen LogP contribution in [0, 0.1) is 18.6 Å². The van der Waals surface area contributed by atoms with Gasteiger partial charge in [0, 0.05) is 29.6 Å². The van der Waals surface area contributed by atoms with Crippen molar-refractivity contribution in [1.82, 2.24) is 10.3 Å². The molecule has 4 aromatic rings. The summed E-state index contributed by atoms with van der Waals surface area (Å²) in [6.07, 6.45) is 9.01. The summed E-state index contributed by atoms with van der Waals surface area (Å²) in [6, 6.07) is 16.9. The Hall–Kier alpha value is -3.50. The van der Waals surface area contributed by atoms with Gasteiger partial charge in [-0.1, -0.05) is 36.4 Å². The van der Waals surface area contributed by atoms with E-state index in [1.165, 1.54) is 23.9 Å². The predicted molar refractivity (Wildman–Crippen MR) is 170 cm³/mol. The first-order valence-electron chi connectivity index (χ1n) is 13.2. The van der Waals surface area contributed by atoms with Crippen LogP contribution < -0.4 is 10.1 Å². The number of carboxylic acid groups (broad SMARTS) is 1. The molecular weight excluding hydrogens is 581 g/mol. The van der Waals surface area contributed by atoms with Crippen LogP contribution in [-0.4, -0.2) is 69.6 Å². The van der Waals surface area contributed by atoms with Crippen LogP contribution in [0.2, 0.25) is 0 Å². The van der Waals surface area contributed by atoms with Crippen molar-refractivity contribution in [1.29, 1.82) is 0 Å². The zero-order chi connectivity index (χ0) is 30.1. The average Bonchev–Trinajstić information content (AvgIpc) is 2.97. The van der Waals surface area contributed by atoms with Gasteiger partial charge in [-0.25, -0.2) is 13.6 Å². The Bertz CT molecular complexity index is 1600. The third-order valence-electron chi connectivity index (χ3n) is 6.52. The first kappa shape index (κ1) is 34.0. The predicted octanol–water partition coefficient (Wildman–Crippen LogP) is 6.37. The topological polar surface area (TPSA) is 88.5 Å². The van der Waals surface area contributed by atoms with E-state index in [2.05, 4.69) is 10.3 Å². The number of carbonyl (C=O) groups is 2. The Balaban J connectivity index is 0.00000506. The van der Waals surface area contributed by atoms with Crippen molar-refractivity contribution < 1.29 is 28.2 Å². The van der Waals surface area contributed by atoms with Crippen LogP contribution in [0.1, 0.15) is 39.0 Å². The molecule has 1 atom stereocenters. The van der Waals surface area contributed by atoms with Gasteiger partial charge in [0.1, 0.15) is 30.0 Å². The van der Waals surface area contributed by atoms with Crippen molar-refractivity contribution >= 4 is 65.3 Å². The number of thioether (sulfide) groups is 1. The van der Waals surface area contributed by atoms with Crippen LogP contribution >= 0.6 is 11.8 Å². The van der Waals surface area contributed by atoms with E-state index in [1.54, 1.807) is 36.7 Å². The zero-order valence-corrected chi connectivity index (χ0v) is 24.0. The fourth-order valence-corrected chi connectivity index (χ4v) is 4.85. The Kier molecular flexibility index (Phi) is 12.9. The summed E-state index contributed by atoms with van der Waals surface area (Å²) in [6.45, 7) is 1.91. The number of carboxylic acids is 1. The minimum absolute atomic E-state index is 0. The Morgan fingerprint density at radius 1 is 1.02 bits per heavy atom. The molecule has 6 nitrogen and oxygen atoms in total. The van der Waals surface area contributed by atoms with Gasteiger partial charge < -0.3 is 15.2 Å². The molecule has 3 aromatic carbocycles. The third kappa shape index (κ3) is 9.49. The molecule has 43 heavy (non-hydrogen) atoms. The van der Waals surface area contributed by atoms with Crippen LogP contribution in [0.5, 0.6) is 5.75 Å². The second-order valence-corrected chi connectivity index (χ2v) is 10.6. The molecule has 2 N–H and O–H groups in total. The molecule has 0 unspecified atom stereocenters. The van der Waals surface area contributed by atoms with Crippen molar-refractivity contribution in [2.75, 3.05) is 12.0 Å². The molecule has 0 bridgehead atoms.